The number of aryl methyl sites for hydroxylation is 1. The topological polar surface area (TPSA) is 157 Å². The molecule has 0 spiro atoms. The highest BCUT2D eigenvalue weighted by Gasteiger charge is 2.52. The zero-order valence-electron chi connectivity index (χ0n) is 22.4. The van der Waals surface area contributed by atoms with Gasteiger partial charge in [-0.3, -0.25) is 9.78 Å². The molecule has 2 unspecified atom stereocenters. The van der Waals surface area contributed by atoms with Crippen molar-refractivity contribution in [2.45, 2.75) is 67.8 Å². The van der Waals surface area contributed by atoms with Crippen molar-refractivity contribution in [2.24, 2.45) is 0 Å². The molecule has 0 aromatic carbocycles. The van der Waals surface area contributed by atoms with E-state index < -0.39 is 46.0 Å². The van der Waals surface area contributed by atoms with E-state index in [0.717, 1.165) is 21.0 Å². The lowest BCUT2D eigenvalue weighted by molar-refractivity contribution is -0.212. The molecular formula is C26H26F3N7O4S2. The number of hydrogen-bond donors (Lipinski definition) is 2. The summed E-state index contributed by atoms with van der Waals surface area (Å²) in [5.41, 5.74) is 8.78. The number of halogens is 3. The zero-order valence-corrected chi connectivity index (χ0v) is 24.0. The SMILES string of the molecule is Cc1cnc(-c2ccc(-c3cnn4c(N)c(S(C)(=O)=O)c(C5C[C@H]6CC[C@@H](C5)N6C(=O)C(O)C(F)(F)F)nc34)cn2)s1. The molecule has 11 nitrogen and oxygen atoms in total. The van der Waals surface area contributed by atoms with Gasteiger partial charge in [-0.25, -0.2) is 18.4 Å². The first-order chi connectivity index (χ1) is 19.7. The van der Waals surface area contributed by atoms with Crippen LogP contribution in [0.3, 0.4) is 0 Å². The summed E-state index contributed by atoms with van der Waals surface area (Å²) in [6.07, 6.45) is -1.06. The van der Waals surface area contributed by atoms with Gasteiger partial charge in [-0.1, -0.05) is 6.07 Å². The number of rotatable bonds is 5. The van der Waals surface area contributed by atoms with E-state index in [2.05, 4.69) is 15.1 Å². The summed E-state index contributed by atoms with van der Waals surface area (Å²) >= 11 is 1.51. The van der Waals surface area contributed by atoms with E-state index in [1.165, 1.54) is 22.0 Å². The summed E-state index contributed by atoms with van der Waals surface area (Å²) < 4.78 is 66.5. The van der Waals surface area contributed by atoms with Crippen LogP contribution in [0.25, 0.3) is 27.5 Å². The summed E-state index contributed by atoms with van der Waals surface area (Å²) in [5, 5.41) is 14.7. The van der Waals surface area contributed by atoms with Crippen LogP contribution in [0.1, 0.15) is 42.2 Å². The fourth-order valence-electron chi connectivity index (χ4n) is 6.07. The number of nitrogens with two attached hydrogens (primary N) is 1. The van der Waals surface area contributed by atoms with Crippen LogP contribution >= 0.6 is 11.3 Å². The molecule has 6 rings (SSSR count). The molecule has 0 radical (unpaired) electrons. The zero-order chi connectivity index (χ0) is 30.1. The lowest BCUT2D eigenvalue weighted by atomic mass is 9.87. The molecule has 4 aromatic heterocycles. The van der Waals surface area contributed by atoms with Gasteiger partial charge in [-0.05, 0) is 38.7 Å². The molecule has 2 aliphatic heterocycles. The van der Waals surface area contributed by atoms with Crippen molar-refractivity contribution >= 4 is 38.5 Å². The number of nitrogen functional groups attached to an aromatic ring is 1. The third-order valence-electron chi connectivity index (χ3n) is 7.87. The number of amides is 1. The third kappa shape index (κ3) is 4.80. The molecule has 4 atom stereocenters. The van der Waals surface area contributed by atoms with Crippen LogP contribution in [0.15, 0.2) is 35.6 Å². The minimum absolute atomic E-state index is 0.134. The largest absolute Gasteiger partial charge is 0.423 e. The second-order valence-corrected chi connectivity index (χ2v) is 13.9. The second-order valence-electron chi connectivity index (χ2n) is 10.7. The van der Waals surface area contributed by atoms with Crippen molar-refractivity contribution in [3.63, 3.8) is 0 Å². The number of piperidine rings is 1. The molecule has 0 aliphatic carbocycles. The number of nitrogens with zero attached hydrogens (tertiary/aromatic N) is 6. The van der Waals surface area contributed by atoms with Gasteiger partial charge in [0.15, 0.2) is 15.5 Å². The van der Waals surface area contributed by atoms with Gasteiger partial charge >= 0.3 is 6.18 Å². The van der Waals surface area contributed by atoms with Gasteiger partial charge in [0.1, 0.15) is 15.7 Å². The number of carbonyl (C=O) groups excluding carboxylic acids is 1. The highest BCUT2D eigenvalue weighted by Crippen LogP contribution is 2.46. The van der Waals surface area contributed by atoms with E-state index >= 15 is 0 Å². The third-order valence-corrected chi connectivity index (χ3v) is 9.96. The predicted molar refractivity (Wildman–Crippen MR) is 147 cm³/mol. The van der Waals surface area contributed by atoms with Crippen molar-refractivity contribution < 1.29 is 31.5 Å². The van der Waals surface area contributed by atoms with Gasteiger partial charge in [0.25, 0.3) is 5.91 Å². The van der Waals surface area contributed by atoms with Crippen LogP contribution in [0.5, 0.6) is 0 Å². The van der Waals surface area contributed by atoms with E-state index in [0.29, 0.717) is 35.3 Å². The van der Waals surface area contributed by atoms with Gasteiger partial charge in [-0.2, -0.15) is 22.8 Å². The maximum absolute atomic E-state index is 13.1. The number of aliphatic hydroxyl groups excluding tert-OH is 1. The maximum Gasteiger partial charge on any atom is 0.423 e. The number of fused-ring (bicyclic) bond motifs is 3. The smallest absolute Gasteiger partial charge is 0.382 e. The monoisotopic (exact) mass is 621 g/mol. The van der Waals surface area contributed by atoms with Gasteiger partial charge < -0.3 is 15.7 Å². The van der Waals surface area contributed by atoms with Crippen LogP contribution in [-0.2, 0) is 14.6 Å². The van der Waals surface area contributed by atoms with Crippen molar-refractivity contribution in [1.82, 2.24) is 29.5 Å². The Kier molecular flexibility index (Phi) is 6.77. The standard InChI is InChI=1S/C26H26F3N7O4S2/c1-12-9-32-24(41-12)18-6-3-13(10-31-18)17-11-33-36-22(30)20(42(2,39)40)19(34-23(17)36)14-7-15-4-5-16(8-14)35(15)25(38)21(37)26(27,28)29/h3,6,9-11,14-16,21,37H,4-5,7-8,30H2,1-2H3/t14?,15-,16+,21?. The van der Waals surface area contributed by atoms with E-state index in [9.17, 15) is 31.5 Å². The number of carbonyl (C=O) groups is 1. The van der Waals surface area contributed by atoms with E-state index in [4.69, 9.17) is 10.7 Å². The van der Waals surface area contributed by atoms with Gasteiger partial charge in [-0.15, -0.1) is 11.3 Å². The number of aromatic nitrogens is 5. The van der Waals surface area contributed by atoms with E-state index in [1.807, 2.05) is 19.1 Å². The number of sulfone groups is 1. The Morgan fingerprint density at radius 1 is 1.14 bits per heavy atom. The minimum atomic E-state index is -5.08. The molecule has 4 aromatic rings. The summed E-state index contributed by atoms with van der Waals surface area (Å²) in [6, 6.07) is 2.42. The van der Waals surface area contributed by atoms with Crippen LogP contribution < -0.4 is 5.73 Å². The van der Waals surface area contributed by atoms with Crippen molar-refractivity contribution in [1.29, 1.82) is 0 Å². The summed E-state index contributed by atoms with van der Waals surface area (Å²) in [4.78, 5) is 28.2. The molecule has 3 N–H and O–H groups in total. The highest BCUT2D eigenvalue weighted by molar-refractivity contribution is 7.91. The Morgan fingerprint density at radius 2 is 1.83 bits per heavy atom. The summed E-state index contributed by atoms with van der Waals surface area (Å²) in [7, 11) is -3.91. The first-order valence-electron chi connectivity index (χ1n) is 13.1. The quantitative estimate of drug-likeness (QED) is 0.341. The first-order valence-corrected chi connectivity index (χ1v) is 15.8. The van der Waals surface area contributed by atoms with Crippen molar-refractivity contribution in [2.75, 3.05) is 12.0 Å². The number of alkyl halides is 3. The molecule has 1 amide bonds. The Labute approximate surface area is 242 Å². The van der Waals surface area contributed by atoms with Crippen molar-refractivity contribution in [3.05, 3.63) is 41.3 Å². The lowest BCUT2D eigenvalue weighted by Gasteiger charge is -2.40. The van der Waals surface area contributed by atoms with Gasteiger partial charge in [0.05, 0.1) is 17.6 Å². The second kappa shape index (κ2) is 9.98. The van der Waals surface area contributed by atoms with Crippen LogP contribution in [0.2, 0.25) is 0 Å². The maximum atomic E-state index is 13.1. The molecule has 2 bridgehead atoms. The van der Waals surface area contributed by atoms with E-state index in [-0.39, 0.29) is 29.2 Å². The predicted octanol–water partition coefficient (Wildman–Crippen LogP) is 3.37. The van der Waals surface area contributed by atoms with Crippen molar-refractivity contribution in [3.8, 4) is 21.8 Å². The Balaban J connectivity index is 1.39. The van der Waals surface area contributed by atoms with Crippen LogP contribution in [-0.4, -0.2) is 79.5 Å². The molecule has 2 saturated heterocycles. The molecule has 2 aliphatic rings. The number of aliphatic hydroxyl groups is 1. The lowest BCUT2D eigenvalue weighted by Crippen LogP contribution is -2.53. The highest BCUT2D eigenvalue weighted by atomic mass is 32.2. The molecule has 42 heavy (non-hydrogen) atoms. The Bertz CT molecular complexity index is 1790. The molecular weight excluding hydrogens is 595 g/mol. The molecule has 222 valence electrons. The van der Waals surface area contributed by atoms with Crippen LogP contribution in [0, 0.1) is 6.92 Å². The molecule has 6 heterocycles. The molecule has 2 fully saturated rings. The summed E-state index contributed by atoms with van der Waals surface area (Å²) in [6.45, 7) is 1.95. The Hall–Kier alpha value is -3.63. The number of hydrogen-bond acceptors (Lipinski definition) is 10. The summed E-state index contributed by atoms with van der Waals surface area (Å²) in [5.74, 6) is -2.03. The average molecular weight is 622 g/mol. The molecule has 16 heteroatoms. The molecule has 0 saturated carbocycles. The fraction of sp³-hybridized carbons (Fsp3) is 0.423. The Morgan fingerprint density at radius 3 is 2.38 bits per heavy atom. The first kappa shape index (κ1) is 28.5. The number of thiazole rings is 1. The average Bonchev–Trinajstić information content (AvgIpc) is 3.62. The normalized spacial score (nSPS) is 21.7. The van der Waals surface area contributed by atoms with Crippen LogP contribution in [0.4, 0.5) is 19.0 Å². The van der Waals surface area contributed by atoms with Gasteiger partial charge in [0.2, 0.25) is 6.10 Å². The number of anilines is 1. The van der Waals surface area contributed by atoms with Gasteiger partial charge in [0, 0.05) is 52.7 Å². The minimum Gasteiger partial charge on any atom is -0.382 e. The number of pyridine rings is 1. The fourth-order valence-corrected chi connectivity index (χ4v) is 7.87. The van der Waals surface area contributed by atoms with E-state index in [1.54, 1.807) is 12.4 Å².